The van der Waals surface area contributed by atoms with E-state index in [0.717, 1.165) is 0 Å². The molecule has 20 heavy (non-hydrogen) atoms. The van der Waals surface area contributed by atoms with Gasteiger partial charge in [0.05, 0.1) is 30.1 Å². The van der Waals surface area contributed by atoms with Crippen LogP contribution in [-0.4, -0.2) is 13.2 Å². The lowest BCUT2D eigenvalue weighted by Crippen LogP contribution is -2.56. The summed E-state index contributed by atoms with van der Waals surface area (Å²) in [5, 5.41) is 12.0. The van der Waals surface area contributed by atoms with E-state index >= 15 is 0 Å². The summed E-state index contributed by atoms with van der Waals surface area (Å²) in [5.41, 5.74) is 1.88. The predicted octanol–water partition coefficient (Wildman–Crippen LogP) is 3.97. The first-order valence-electron chi connectivity index (χ1n) is 6.98. The van der Waals surface area contributed by atoms with Crippen molar-refractivity contribution in [3.63, 3.8) is 0 Å². The minimum absolute atomic E-state index is 0.180. The lowest BCUT2D eigenvalue weighted by atomic mass is 9.61. The van der Waals surface area contributed by atoms with Crippen molar-refractivity contribution in [2.75, 3.05) is 13.2 Å². The van der Waals surface area contributed by atoms with Gasteiger partial charge in [-0.05, 0) is 37.1 Å². The normalized spacial score (nSPS) is 17.5. The number of hydrogen-bond acceptors (Lipinski definition) is 2. The van der Waals surface area contributed by atoms with E-state index < -0.39 is 5.41 Å². The summed E-state index contributed by atoms with van der Waals surface area (Å²) in [7, 11) is 0. The van der Waals surface area contributed by atoms with Crippen LogP contribution in [0.3, 0.4) is 0 Å². The van der Waals surface area contributed by atoms with Crippen molar-refractivity contribution in [1.82, 2.24) is 0 Å². The molecule has 102 valence electrons. The van der Waals surface area contributed by atoms with Gasteiger partial charge in [-0.25, -0.2) is 0 Å². The molecule has 0 amide bonds. The molecule has 0 bridgehead atoms. The number of ether oxygens (including phenoxy) is 1. The van der Waals surface area contributed by atoms with Crippen molar-refractivity contribution in [2.45, 2.75) is 26.2 Å². The Balaban J connectivity index is 2.14. The Morgan fingerprint density at radius 3 is 2.35 bits per heavy atom. The van der Waals surface area contributed by atoms with E-state index in [1.807, 2.05) is 13.8 Å². The Hall–Kier alpha value is -1.85. The highest BCUT2D eigenvalue weighted by molar-refractivity contribution is 5.84. The first-order chi connectivity index (χ1) is 9.48. The number of benzene rings is 2. The van der Waals surface area contributed by atoms with Crippen LogP contribution in [-0.2, 0) is 10.2 Å². The fourth-order valence-corrected chi connectivity index (χ4v) is 2.96. The van der Waals surface area contributed by atoms with E-state index in [4.69, 9.17) is 4.74 Å². The number of hydrogen-bond donors (Lipinski definition) is 0. The molecule has 1 fully saturated rings. The molecule has 2 nitrogen and oxygen atoms in total. The van der Waals surface area contributed by atoms with Gasteiger partial charge in [0, 0.05) is 0 Å². The van der Waals surface area contributed by atoms with Crippen molar-refractivity contribution in [3.8, 4) is 6.07 Å². The lowest BCUT2D eigenvalue weighted by Gasteiger charge is -2.49. The smallest absolute Gasteiger partial charge is 0.0695 e. The maximum Gasteiger partial charge on any atom is 0.0695 e. The summed E-state index contributed by atoms with van der Waals surface area (Å²) in [6, 6.07) is 15.5. The molecule has 1 aliphatic heterocycles. The van der Waals surface area contributed by atoms with Crippen molar-refractivity contribution in [2.24, 2.45) is 5.41 Å². The second-order valence-corrected chi connectivity index (χ2v) is 6.38. The van der Waals surface area contributed by atoms with Crippen LogP contribution in [0.5, 0.6) is 0 Å². The summed E-state index contributed by atoms with van der Waals surface area (Å²) in [6.45, 7) is 7.38. The van der Waals surface area contributed by atoms with Crippen molar-refractivity contribution < 1.29 is 4.74 Å². The summed E-state index contributed by atoms with van der Waals surface area (Å²) in [5.74, 6) is 0. The largest absolute Gasteiger partial charge is 0.379 e. The molecule has 0 unspecified atom stereocenters. The molecule has 3 rings (SSSR count). The maximum atomic E-state index is 9.50. The number of rotatable bonds is 2. The number of fused-ring (bicyclic) bond motifs is 1. The number of nitrogens with zero attached hydrogens (tertiary/aromatic N) is 1. The third kappa shape index (κ3) is 1.74. The van der Waals surface area contributed by atoms with Crippen LogP contribution in [0.4, 0.5) is 0 Å². The molecule has 0 radical (unpaired) electrons. The van der Waals surface area contributed by atoms with Gasteiger partial charge in [0.15, 0.2) is 0 Å². The van der Waals surface area contributed by atoms with Crippen LogP contribution in [0, 0.1) is 23.7 Å². The van der Waals surface area contributed by atoms with E-state index in [-0.39, 0.29) is 5.41 Å². The Labute approximate surface area is 120 Å². The minimum Gasteiger partial charge on any atom is -0.379 e. The zero-order valence-electron chi connectivity index (χ0n) is 12.2. The van der Waals surface area contributed by atoms with Crippen LogP contribution in [0.25, 0.3) is 10.8 Å². The van der Waals surface area contributed by atoms with Gasteiger partial charge < -0.3 is 4.74 Å². The minimum atomic E-state index is -0.427. The first-order valence-corrected chi connectivity index (χ1v) is 6.98. The van der Waals surface area contributed by atoms with Crippen LogP contribution >= 0.6 is 0 Å². The second kappa shape index (κ2) is 4.33. The van der Waals surface area contributed by atoms with Crippen LogP contribution in [0.15, 0.2) is 36.4 Å². The van der Waals surface area contributed by atoms with Gasteiger partial charge in [0.2, 0.25) is 0 Å². The average Bonchev–Trinajstić information content (AvgIpc) is 2.37. The summed E-state index contributed by atoms with van der Waals surface area (Å²) in [4.78, 5) is 0. The van der Waals surface area contributed by atoms with E-state index in [0.29, 0.717) is 13.2 Å². The second-order valence-electron chi connectivity index (χ2n) is 6.38. The molecule has 2 aromatic rings. The first kappa shape index (κ1) is 13.1. The van der Waals surface area contributed by atoms with Gasteiger partial charge in [0.1, 0.15) is 0 Å². The predicted molar refractivity (Wildman–Crippen MR) is 80.6 cm³/mol. The summed E-state index contributed by atoms with van der Waals surface area (Å²) in [6.07, 6.45) is 0. The Morgan fingerprint density at radius 1 is 1.10 bits per heavy atom. The molecule has 2 aromatic carbocycles. The number of nitriles is 1. The van der Waals surface area contributed by atoms with Crippen molar-refractivity contribution >= 4 is 10.8 Å². The van der Waals surface area contributed by atoms with Gasteiger partial charge in [0.25, 0.3) is 0 Å². The average molecular weight is 265 g/mol. The molecule has 0 aliphatic carbocycles. The van der Waals surface area contributed by atoms with Gasteiger partial charge in [-0.1, -0.05) is 42.0 Å². The molecule has 0 atom stereocenters. The van der Waals surface area contributed by atoms with Gasteiger partial charge in [-0.2, -0.15) is 5.26 Å². The molecule has 0 saturated carbocycles. The highest BCUT2D eigenvalue weighted by atomic mass is 16.5. The topological polar surface area (TPSA) is 33.0 Å². The third-order valence-electron chi connectivity index (χ3n) is 4.72. The summed E-state index contributed by atoms with van der Waals surface area (Å²) < 4.78 is 5.46. The molecule has 0 aromatic heterocycles. The Kier molecular flexibility index (Phi) is 2.84. The Morgan fingerprint density at radius 2 is 1.75 bits per heavy atom. The molecule has 0 N–H and O–H groups in total. The van der Waals surface area contributed by atoms with E-state index in [1.165, 1.54) is 21.9 Å². The molecular weight excluding hydrogens is 246 g/mol. The fourth-order valence-electron chi connectivity index (χ4n) is 2.96. The summed E-state index contributed by atoms with van der Waals surface area (Å²) >= 11 is 0. The monoisotopic (exact) mass is 265 g/mol. The SMILES string of the molecule is Cc1ccc2cc(C3(C(C)(C)C#N)COC3)ccc2c1. The molecule has 1 aliphatic rings. The zero-order chi connectivity index (χ0) is 14.4. The van der Waals surface area contributed by atoms with Gasteiger partial charge >= 0.3 is 0 Å². The van der Waals surface area contributed by atoms with Crippen molar-refractivity contribution in [3.05, 3.63) is 47.5 Å². The molecule has 2 heteroatoms. The Bertz CT molecular complexity index is 705. The third-order valence-corrected chi connectivity index (χ3v) is 4.72. The van der Waals surface area contributed by atoms with Crippen LogP contribution < -0.4 is 0 Å². The zero-order valence-corrected chi connectivity index (χ0v) is 12.2. The van der Waals surface area contributed by atoms with Crippen LogP contribution in [0.2, 0.25) is 0 Å². The molecule has 0 spiro atoms. The van der Waals surface area contributed by atoms with E-state index in [1.54, 1.807) is 0 Å². The number of aryl methyl sites for hydroxylation is 1. The highest BCUT2D eigenvalue weighted by Gasteiger charge is 2.52. The molecular formula is C18H19NO. The lowest BCUT2D eigenvalue weighted by molar-refractivity contribution is -0.102. The van der Waals surface area contributed by atoms with E-state index in [2.05, 4.69) is 49.4 Å². The quantitative estimate of drug-likeness (QED) is 0.823. The van der Waals surface area contributed by atoms with Gasteiger partial charge in [-0.15, -0.1) is 0 Å². The van der Waals surface area contributed by atoms with Crippen LogP contribution in [0.1, 0.15) is 25.0 Å². The van der Waals surface area contributed by atoms with E-state index in [9.17, 15) is 5.26 Å². The standard InChI is InChI=1S/C18H19NO/c1-13-4-5-15-9-16(7-6-14(15)8-13)18(11-20-12-18)17(2,3)10-19/h4-9H,11-12H2,1-3H3. The maximum absolute atomic E-state index is 9.50. The van der Waals surface area contributed by atoms with Gasteiger partial charge in [-0.3, -0.25) is 0 Å². The van der Waals surface area contributed by atoms with Crippen molar-refractivity contribution in [1.29, 1.82) is 5.26 Å². The fraction of sp³-hybridized carbons (Fsp3) is 0.389. The molecule has 1 heterocycles. The molecule has 1 saturated heterocycles. The highest BCUT2D eigenvalue weighted by Crippen LogP contribution is 2.47.